The van der Waals surface area contributed by atoms with Crippen molar-refractivity contribution in [2.45, 2.75) is 24.0 Å². The number of nitrogens with zero attached hydrogens (tertiary/aromatic N) is 1. The Morgan fingerprint density at radius 3 is 2.44 bits per heavy atom. The molecule has 0 fully saturated rings. The molecule has 2 heterocycles. The average molecular weight is 416 g/mol. The first-order valence-corrected chi connectivity index (χ1v) is 9.88. The van der Waals surface area contributed by atoms with Gasteiger partial charge in [-0.05, 0) is 42.2 Å². The molecule has 1 aromatic heterocycles. The van der Waals surface area contributed by atoms with Gasteiger partial charge >= 0.3 is 6.18 Å². The van der Waals surface area contributed by atoms with Crippen molar-refractivity contribution in [3.05, 3.63) is 47.4 Å². The maximum absolute atomic E-state index is 12.9. The first-order valence-electron chi connectivity index (χ1n) is 7.84. The molecular formula is C18H19F3N2O2S2. The maximum Gasteiger partial charge on any atom is 0.409 e. The summed E-state index contributed by atoms with van der Waals surface area (Å²) in [5.74, 6) is -0.833. The number of hydrazine groups is 1. The fourth-order valence-corrected chi connectivity index (χ4v) is 3.87. The van der Waals surface area contributed by atoms with Crippen LogP contribution < -0.4 is 5.43 Å². The van der Waals surface area contributed by atoms with Gasteiger partial charge in [-0.1, -0.05) is 12.1 Å². The molecule has 1 aromatic carbocycles. The van der Waals surface area contributed by atoms with E-state index in [1.54, 1.807) is 11.8 Å². The van der Waals surface area contributed by atoms with Crippen LogP contribution in [0.3, 0.4) is 0 Å². The summed E-state index contributed by atoms with van der Waals surface area (Å²) >= 11 is 3.15. The van der Waals surface area contributed by atoms with Gasteiger partial charge in [-0.15, -0.1) is 23.1 Å². The second-order valence-corrected chi connectivity index (χ2v) is 7.67. The number of carbonyl (C=O) groups is 1. The van der Waals surface area contributed by atoms with Crippen LogP contribution in [0.1, 0.15) is 11.8 Å². The minimum atomic E-state index is -4.28. The van der Waals surface area contributed by atoms with Gasteiger partial charge in [0.25, 0.3) is 5.97 Å². The summed E-state index contributed by atoms with van der Waals surface area (Å²) in [6, 6.07) is 10.3. The van der Waals surface area contributed by atoms with Gasteiger partial charge in [0.05, 0.1) is 10.6 Å². The molecule has 1 aliphatic heterocycles. The molecule has 1 unspecified atom stereocenters. The summed E-state index contributed by atoms with van der Waals surface area (Å²) in [5, 5.41) is 8.50. The Kier molecular flexibility index (Phi) is 6.96. The van der Waals surface area contributed by atoms with Crippen LogP contribution >= 0.6 is 23.1 Å². The summed E-state index contributed by atoms with van der Waals surface area (Å²) in [4.78, 5) is 12.0. The van der Waals surface area contributed by atoms with Crippen molar-refractivity contribution < 1.29 is 23.1 Å². The highest BCUT2D eigenvalue weighted by molar-refractivity contribution is 7.98. The van der Waals surface area contributed by atoms with Crippen LogP contribution in [-0.2, 0) is 4.79 Å². The number of benzene rings is 1. The largest absolute Gasteiger partial charge is 0.481 e. The Morgan fingerprint density at radius 2 is 1.89 bits per heavy atom. The van der Waals surface area contributed by atoms with Gasteiger partial charge in [-0.2, -0.15) is 13.2 Å². The highest BCUT2D eigenvalue weighted by Gasteiger charge is 2.44. The Morgan fingerprint density at radius 1 is 1.26 bits per heavy atom. The van der Waals surface area contributed by atoms with Crippen molar-refractivity contribution in [2.24, 2.45) is 0 Å². The SMILES string of the molecule is CC(=O)O.CSc1cccc(-c2ccc(C3=CC(C(F)(F)F)N(C)N3)s2)c1. The Hall–Kier alpha value is -1.97. The Balaban J connectivity index is 0.000000596. The lowest BCUT2D eigenvalue weighted by molar-refractivity contribution is -0.167. The van der Waals surface area contributed by atoms with E-state index in [0.717, 1.165) is 32.1 Å². The molecule has 0 spiro atoms. The third-order valence-electron chi connectivity index (χ3n) is 3.60. The van der Waals surface area contributed by atoms with E-state index in [9.17, 15) is 13.2 Å². The molecular weight excluding hydrogens is 397 g/mol. The number of likely N-dealkylation sites (N-methyl/N-ethyl adjacent to an activating group) is 1. The van der Waals surface area contributed by atoms with Crippen LogP contribution in [0.15, 0.2) is 47.4 Å². The number of rotatable bonds is 3. The summed E-state index contributed by atoms with van der Waals surface area (Å²) in [5.41, 5.74) is 4.38. The normalized spacial score (nSPS) is 17.0. The van der Waals surface area contributed by atoms with Crippen molar-refractivity contribution in [3.63, 3.8) is 0 Å². The lowest BCUT2D eigenvalue weighted by atomic mass is 10.2. The maximum atomic E-state index is 12.9. The number of hydrogen-bond donors (Lipinski definition) is 2. The number of halogens is 3. The third kappa shape index (κ3) is 5.75. The molecule has 9 heteroatoms. The summed E-state index contributed by atoms with van der Waals surface area (Å²) < 4.78 is 38.8. The molecule has 0 saturated heterocycles. The van der Waals surface area contributed by atoms with Crippen molar-refractivity contribution >= 4 is 34.8 Å². The highest BCUT2D eigenvalue weighted by atomic mass is 32.2. The summed E-state index contributed by atoms with van der Waals surface area (Å²) in [6.07, 6.45) is -1.04. The molecule has 1 atom stereocenters. The molecule has 146 valence electrons. The molecule has 2 N–H and O–H groups in total. The number of thioether (sulfide) groups is 1. The number of carboxylic acid groups (broad SMARTS) is 1. The molecule has 0 radical (unpaired) electrons. The molecule has 27 heavy (non-hydrogen) atoms. The predicted molar refractivity (Wildman–Crippen MR) is 104 cm³/mol. The van der Waals surface area contributed by atoms with Gasteiger partial charge in [0, 0.05) is 23.7 Å². The first kappa shape index (κ1) is 21.3. The predicted octanol–water partition coefficient (Wildman–Crippen LogP) is 4.95. The van der Waals surface area contributed by atoms with E-state index in [1.165, 1.54) is 24.5 Å². The second-order valence-electron chi connectivity index (χ2n) is 5.70. The van der Waals surface area contributed by atoms with Gasteiger partial charge in [0.15, 0.2) is 0 Å². The van der Waals surface area contributed by atoms with E-state index in [0.29, 0.717) is 5.70 Å². The number of carboxylic acids is 1. The van der Waals surface area contributed by atoms with Gasteiger partial charge < -0.3 is 10.5 Å². The molecule has 0 amide bonds. The minimum Gasteiger partial charge on any atom is -0.481 e. The molecule has 0 aliphatic carbocycles. The van der Waals surface area contributed by atoms with Crippen molar-refractivity contribution in [2.75, 3.05) is 13.3 Å². The number of thiophene rings is 1. The smallest absolute Gasteiger partial charge is 0.409 e. The summed E-state index contributed by atoms with van der Waals surface area (Å²) in [6.45, 7) is 1.08. The lowest BCUT2D eigenvalue weighted by Crippen LogP contribution is -2.43. The van der Waals surface area contributed by atoms with Crippen LogP contribution in [0.5, 0.6) is 0 Å². The summed E-state index contributed by atoms with van der Waals surface area (Å²) in [7, 11) is 1.40. The number of hydrogen-bond acceptors (Lipinski definition) is 5. The fourth-order valence-electron chi connectivity index (χ4n) is 2.43. The number of alkyl halides is 3. The second kappa shape index (κ2) is 8.81. The number of aliphatic carboxylic acids is 1. The van der Waals surface area contributed by atoms with Crippen LogP contribution in [0, 0.1) is 0 Å². The van der Waals surface area contributed by atoms with Crippen molar-refractivity contribution in [3.8, 4) is 10.4 Å². The van der Waals surface area contributed by atoms with Crippen molar-refractivity contribution in [1.82, 2.24) is 10.4 Å². The van der Waals surface area contributed by atoms with E-state index < -0.39 is 18.2 Å². The molecule has 4 nitrogen and oxygen atoms in total. The highest BCUT2D eigenvalue weighted by Crippen LogP contribution is 2.36. The van der Waals surface area contributed by atoms with E-state index in [2.05, 4.69) is 11.5 Å². The van der Waals surface area contributed by atoms with Gasteiger partial charge in [0.1, 0.15) is 6.04 Å². The van der Waals surface area contributed by atoms with Crippen LogP contribution in [0.4, 0.5) is 13.2 Å². The molecule has 2 aromatic rings. The molecule has 0 saturated carbocycles. The van der Waals surface area contributed by atoms with Gasteiger partial charge in [-0.3, -0.25) is 4.79 Å². The zero-order chi connectivity index (χ0) is 20.2. The van der Waals surface area contributed by atoms with Crippen molar-refractivity contribution in [1.29, 1.82) is 0 Å². The fraction of sp³-hybridized carbons (Fsp3) is 0.278. The van der Waals surface area contributed by atoms with Crippen LogP contribution in [0.2, 0.25) is 0 Å². The van der Waals surface area contributed by atoms with Gasteiger partial charge in [-0.25, -0.2) is 5.01 Å². The topological polar surface area (TPSA) is 52.6 Å². The van der Waals surface area contributed by atoms with E-state index >= 15 is 0 Å². The average Bonchev–Trinajstić information content (AvgIpc) is 3.20. The minimum absolute atomic E-state index is 0.507. The van der Waals surface area contributed by atoms with E-state index in [1.807, 2.05) is 36.6 Å². The standard InChI is InChI=1S/C16H15F3N2S2.C2H4O2/c1-21-15(16(17,18)19)9-12(20-21)14-7-6-13(23-14)10-4-3-5-11(8-10)22-2;1-2(3)4/h3-9,15,20H,1-2H3;1H3,(H,3,4). The molecule has 0 bridgehead atoms. The van der Waals surface area contributed by atoms with E-state index in [-0.39, 0.29) is 0 Å². The van der Waals surface area contributed by atoms with Gasteiger partial charge in [0.2, 0.25) is 0 Å². The third-order valence-corrected chi connectivity index (χ3v) is 5.49. The number of nitrogens with one attached hydrogen (secondary N) is 1. The Labute approximate surface area is 163 Å². The van der Waals surface area contributed by atoms with E-state index in [4.69, 9.17) is 9.90 Å². The first-order chi connectivity index (χ1) is 12.6. The molecule has 3 rings (SSSR count). The van der Waals surface area contributed by atoms with Crippen LogP contribution in [0.25, 0.3) is 16.1 Å². The zero-order valence-electron chi connectivity index (χ0n) is 14.9. The molecule has 1 aliphatic rings. The quantitative estimate of drug-likeness (QED) is 0.694. The lowest BCUT2D eigenvalue weighted by Gasteiger charge is -2.21. The Bertz CT molecular complexity index is 830. The van der Waals surface area contributed by atoms with Crippen LogP contribution in [-0.4, -0.2) is 41.6 Å². The zero-order valence-corrected chi connectivity index (χ0v) is 16.5. The monoisotopic (exact) mass is 416 g/mol.